The fourth-order valence-electron chi connectivity index (χ4n) is 2.79. The Morgan fingerprint density at radius 1 is 1.29 bits per heavy atom. The lowest BCUT2D eigenvalue weighted by Crippen LogP contribution is -2.39. The van der Waals surface area contributed by atoms with Gasteiger partial charge in [-0.3, -0.25) is 4.99 Å². The van der Waals surface area contributed by atoms with Gasteiger partial charge in [0.25, 0.3) is 0 Å². The van der Waals surface area contributed by atoms with E-state index in [-0.39, 0.29) is 0 Å². The molecule has 1 aromatic carbocycles. The third-order valence-electron chi connectivity index (χ3n) is 3.84. The average Bonchev–Trinajstić information content (AvgIpc) is 3.15. The van der Waals surface area contributed by atoms with Crippen molar-refractivity contribution in [2.24, 2.45) is 4.99 Å². The summed E-state index contributed by atoms with van der Waals surface area (Å²) in [5.74, 6) is 2.06. The summed E-state index contributed by atoms with van der Waals surface area (Å²) in [5, 5.41) is 4.55. The predicted octanol–water partition coefficient (Wildman–Crippen LogP) is 3.04. The van der Waals surface area contributed by atoms with Gasteiger partial charge in [0.2, 0.25) is 0 Å². The van der Waals surface area contributed by atoms with E-state index in [1.54, 1.807) is 0 Å². The summed E-state index contributed by atoms with van der Waals surface area (Å²) in [7, 11) is 0. The molecule has 3 rings (SSSR count). The van der Waals surface area contributed by atoms with Crippen LogP contribution in [0.25, 0.3) is 11.0 Å². The molecule has 1 N–H and O–H groups in total. The van der Waals surface area contributed by atoms with E-state index in [0.29, 0.717) is 0 Å². The van der Waals surface area contributed by atoms with Gasteiger partial charge in [0, 0.05) is 38.0 Å². The molecule has 0 aliphatic carbocycles. The topological polar surface area (TPSA) is 40.8 Å². The molecule has 1 aromatic heterocycles. The molecule has 0 radical (unpaired) electrons. The van der Waals surface area contributed by atoms with Crippen molar-refractivity contribution in [3.05, 3.63) is 36.1 Å². The van der Waals surface area contributed by atoms with Crippen LogP contribution < -0.4 is 5.32 Å². The predicted molar refractivity (Wildman–Crippen MR) is 86.7 cm³/mol. The summed E-state index contributed by atoms with van der Waals surface area (Å²) in [5.41, 5.74) is 0.961. The Morgan fingerprint density at radius 2 is 2.10 bits per heavy atom. The molecule has 1 fully saturated rings. The van der Waals surface area contributed by atoms with Crippen LogP contribution in [0.2, 0.25) is 0 Å². The molecule has 112 valence electrons. The highest BCUT2D eigenvalue weighted by Gasteiger charge is 2.15. The lowest BCUT2D eigenvalue weighted by molar-refractivity contribution is 0.492. The zero-order valence-electron chi connectivity index (χ0n) is 12.6. The van der Waals surface area contributed by atoms with Gasteiger partial charge in [-0.1, -0.05) is 18.2 Å². The SMILES string of the molecule is CCNC(=NCCc1cc2ccccc2o1)N1CCCC1. The summed E-state index contributed by atoms with van der Waals surface area (Å²) < 4.78 is 5.83. The Morgan fingerprint density at radius 3 is 2.86 bits per heavy atom. The van der Waals surface area contributed by atoms with Crippen LogP contribution in [0.15, 0.2) is 39.7 Å². The minimum absolute atomic E-state index is 0.763. The van der Waals surface area contributed by atoms with Crippen LogP contribution in [-0.4, -0.2) is 37.0 Å². The number of hydrogen-bond acceptors (Lipinski definition) is 2. The van der Waals surface area contributed by atoms with Crippen LogP contribution in [0, 0.1) is 0 Å². The number of hydrogen-bond donors (Lipinski definition) is 1. The normalized spacial score (nSPS) is 15.9. The van der Waals surface area contributed by atoms with Gasteiger partial charge in [0.05, 0.1) is 0 Å². The Bertz CT molecular complexity index is 578. The fourth-order valence-corrected chi connectivity index (χ4v) is 2.79. The van der Waals surface area contributed by atoms with E-state index < -0.39 is 0 Å². The van der Waals surface area contributed by atoms with Crippen LogP contribution in [0.4, 0.5) is 0 Å². The number of benzene rings is 1. The zero-order chi connectivity index (χ0) is 14.5. The van der Waals surface area contributed by atoms with Gasteiger partial charge >= 0.3 is 0 Å². The molecule has 4 heteroatoms. The maximum Gasteiger partial charge on any atom is 0.193 e. The van der Waals surface area contributed by atoms with Crippen molar-refractivity contribution in [2.75, 3.05) is 26.2 Å². The van der Waals surface area contributed by atoms with Crippen LogP contribution in [0.3, 0.4) is 0 Å². The molecular formula is C17H23N3O. The molecule has 1 aliphatic heterocycles. The molecule has 0 amide bonds. The number of rotatable bonds is 4. The van der Waals surface area contributed by atoms with Crippen molar-refractivity contribution in [1.82, 2.24) is 10.2 Å². The number of nitrogens with one attached hydrogen (secondary N) is 1. The Labute approximate surface area is 125 Å². The van der Waals surface area contributed by atoms with Gasteiger partial charge in [-0.15, -0.1) is 0 Å². The molecule has 21 heavy (non-hydrogen) atoms. The molecule has 4 nitrogen and oxygen atoms in total. The van der Waals surface area contributed by atoms with Crippen LogP contribution in [0.1, 0.15) is 25.5 Å². The molecule has 0 saturated carbocycles. The highest BCUT2D eigenvalue weighted by molar-refractivity contribution is 5.80. The average molecular weight is 285 g/mol. The van der Waals surface area contributed by atoms with Crippen molar-refractivity contribution in [1.29, 1.82) is 0 Å². The smallest absolute Gasteiger partial charge is 0.193 e. The fraction of sp³-hybridized carbons (Fsp3) is 0.471. The van der Waals surface area contributed by atoms with Crippen molar-refractivity contribution in [3.8, 4) is 0 Å². The van der Waals surface area contributed by atoms with Gasteiger partial charge in [-0.2, -0.15) is 0 Å². The van der Waals surface area contributed by atoms with Gasteiger partial charge < -0.3 is 14.6 Å². The van der Waals surface area contributed by atoms with E-state index in [1.165, 1.54) is 18.2 Å². The van der Waals surface area contributed by atoms with Crippen LogP contribution in [0.5, 0.6) is 0 Å². The van der Waals surface area contributed by atoms with Gasteiger partial charge in [0.1, 0.15) is 11.3 Å². The van der Waals surface area contributed by atoms with E-state index in [0.717, 1.165) is 49.9 Å². The highest BCUT2D eigenvalue weighted by atomic mass is 16.3. The lowest BCUT2D eigenvalue weighted by Gasteiger charge is -2.20. The first-order chi connectivity index (χ1) is 10.4. The molecular weight excluding hydrogens is 262 g/mol. The molecule has 0 atom stereocenters. The first kappa shape index (κ1) is 14.0. The van der Waals surface area contributed by atoms with Gasteiger partial charge in [-0.05, 0) is 31.9 Å². The van der Waals surface area contributed by atoms with E-state index in [2.05, 4.69) is 29.3 Å². The molecule has 0 spiro atoms. The Kier molecular flexibility index (Phi) is 4.43. The molecule has 1 saturated heterocycles. The van der Waals surface area contributed by atoms with Crippen LogP contribution >= 0.6 is 0 Å². The number of likely N-dealkylation sites (tertiary alicyclic amines) is 1. The first-order valence-corrected chi connectivity index (χ1v) is 7.87. The van der Waals surface area contributed by atoms with E-state index in [9.17, 15) is 0 Å². The third-order valence-corrected chi connectivity index (χ3v) is 3.84. The standard InChI is InChI=1S/C17H23N3O/c1-2-18-17(20-11-5-6-12-20)19-10-9-15-13-14-7-3-4-8-16(14)21-15/h3-4,7-8,13H,2,5-6,9-12H2,1H3,(H,18,19). The summed E-state index contributed by atoms with van der Waals surface area (Å²) in [6, 6.07) is 10.3. The zero-order valence-corrected chi connectivity index (χ0v) is 12.6. The minimum atomic E-state index is 0.763. The van der Waals surface area contributed by atoms with E-state index in [4.69, 9.17) is 9.41 Å². The Hall–Kier alpha value is -1.97. The minimum Gasteiger partial charge on any atom is -0.461 e. The quantitative estimate of drug-likeness (QED) is 0.693. The molecule has 2 aromatic rings. The lowest BCUT2D eigenvalue weighted by atomic mass is 10.2. The summed E-state index contributed by atoms with van der Waals surface area (Å²) in [6.45, 7) is 6.04. The van der Waals surface area contributed by atoms with Gasteiger partial charge in [0.15, 0.2) is 5.96 Å². The second-order valence-electron chi connectivity index (χ2n) is 5.43. The number of aliphatic imine (C=N–C) groups is 1. The van der Waals surface area contributed by atoms with Crippen LogP contribution in [-0.2, 0) is 6.42 Å². The van der Waals surface area contributed by atoms with Crippen molar-refractivity contribution in [3.63, 3.8) is 0 Å². The van der Waals surface area contributed by atoms with Crippen molar-refractivity contribution in [2.45, 2.75) is 26.2 Å². The van der Waals surface area contributed by atoms with Crippen molar-refractivity contribution < 1.29 is 4.42 Å². The van der Waals surface area contributed by atoms with E-state index >= 15 is 0 Å². The highest BCUT2D eigenvalue weighted by Crippen LogP contribution is 2.19. The van der Waals surface area contributed by atoms with Gasteiger partial charge in [-0.25, -0.2) is 0 Å². The maximum atomic E-state index is 5.83. The molecule has 0 unspecified atom stereocenters. The first-order valence-electron chi connectivity index (χ1n) is 7.87. The number of para-hydroxylation sites is 1. The maximum absolute atomic E-state index is 5.83. The molecule has 2 heterocycles. The number of furan rings is 1. The number of guanidine groups is 1. The largest absolute Gasteiger partial charge is 0.461 e. The summed E-state index contributed by atoms with van der Waals surface area (Å²) in [4.78, 5) is 7.08. The summed E-state index contributed by atoms with van der Waals surface area (Å²) >= 11 is 0. The second-order valence-corrected chi connectivity index (χ2v) is 5.43. The molecule has 1 aliphatic rings. The summed E-state index contributed by atoms with van der Waals surface area (Å²) in [6.07, 6.45) is 3.39. The number of fused-ring (bicyclic) bond motifs is 1. The third kappa shape index (κ3) is 3.38. The number of nitrogens with zero attached hydrogens (tertiary/aromatic N) is 2. The Balaban J connectivity index is 1.63. The van der Waals surface area contributed by atoms with Crippen molar-refractivity contribution >= 4 is 16.9 Å². The molecule has 0 bridgehead atoms. The van der Waals surface area contributed by atoms with E-state index in [1.807, 2.05) is 18.2 Å². The second kappa shape index (κ2) is 6.66. The monoisotopic (exact) mass is 285 g/mol.